The molecule has 148 valence electrons. The van der Waals surface area contributed by atoms with Crippen LogP contribution in [0.2, 0.25) is 5.02 Å². The average molecular weight is 440 g/mol. The van der Waals surface area contributed by atoms with E-state index in [9.17, 15) is 12.8 Å². The molecule has 4 nitrogen and oxygen atoms in total. The highest BCUT2D eigenvalue weighted by molar-refractivity contribution is 7.98. The van der Waals surface area contributed by atoms with Gasteiger partial charge in [0, 0.05) is 28.6 Å². The van der Waals surface area contributed by atoms with Crippen LogP contribution in [0.5, 0.6) is 5.75 Å². The van der Waals surface area contributed by atoms with E-state index < -0.39 is 10.0 Å². The molecule has 0 aliphatic rings. The summed E-state index contributed by atoms with van der Waals surface area (Å²) in [5.74, 6) is 1.24. The SMILES string of the molecule is COc1ccc2cc(S(=O)(=O)NCCSCc3c(F)cccc3Cl)ccc2c1. The zero-order valence-electron chi connectivity index (χ0n) is 15.1. The van der Waals surface area contributed by atoms with Gasteiger partial charge in [-0.25, -0.2) is 17.5 Å². The molecule has 28 heavy (non-hydrogen) atoms. The first-order valence-electron chi connectivity index (χ1n) is 8.49. The van der Waals surface area contributed by atoms with Crippen molar-refractivity contribution >= 4 is 44.2 Å². The normalized spacial score (nSPS) is 11.7. The molecule has 0 radical (unpaired) electrons. The van der Waals surface area contributed by atoms with Gasteiger partial charge in [-0.1, -0.05) is 29.8 Å². The molecule has 0 amide bonds. The summed E-state index contributed by atoms with van der Waals surface area (Å²) in [6.07, 6.45) is 0. The number of fused-ring (bicyclic) bond motifs is 1. The molecule has 0 spiro atoms. The molecule has 0 aromatic heterocycles. The van der Waals surface area contributed by atoms with Crippen molar-refractivity contribution in [3.8, 4) is 5.75 Å². The second-order valence-electron chi connectivity index (χ2n) is 6.03. The fraction of sp³-hybridized carbons (Fsp3) is 0.200. The highest BCUT2D eigenvalue weighted by Crippen LogP contribution is 2.25. The van der Waals surface area contributed by atoms with Crippen LogP contribution in [-0.2, 0) is 15.8 Å². The summed E-state index contributed by atoms with van der Waals surface area (Å²) in [5.41, 5.74) is 0.432. The van der Waals surface area contributed by atoms with E-state index in [1.54, 1.807) is 43.5 Å². The lowest BCUT2D eigenvalue weighted by molar-refractivity contribution is 0.415. The summed E-state index contributed by atoms with van der Waals surface area (Å²) >= 11 is 7.40. The maximum atomic E-state index is 13.7. The van der Waals surface area contributed by atoms with Crippen LogP contribution < -0.4 is 9.46 Å². The van der Waals surface area contributed by atoms with Crippen LogP contribution in [-0.4, -0.2) is 27.8 Å². The molecule has 0 atom stereocenters. The average Bonchev–Trinajstić information content (AvgIpc) is 2.68. The van der Waals surface area contributed by atoms with Gasteiger partial charge >= 0.3 is 0 Å². The smallest absolute Gasteiger partial charge is 0.240 e. The molecule has 0 bridgehead atoms. The van der Waals surface area contributed by atoms with Crippen LogP contribution in [0.1, 0.15) is 5.56 Å². The van der Waals surface area contributed by atoms with Crippen molar-refractivity contribution in [1.82, 2.24) is 4.72 Å². The first-order valence-corrected chi connectivity index (χ1v) is 11.5. The van der Waals surface area contributed by atoms with Crippen LogP contribution in [0.15, 0.2) is 59.5 Å². The molecule has 0 aliphatic heterocycles. The molecule has 0 saturated carbocycles. The van der Waals surface area contributed by atoms with E-state index in [0.29, 0.717) is 27.8 Å². The van der Waals surface area contributed by atoms with E-state index in [1.165, 1.54) is 17.8 Å². The van der Waals surface area contributed by atoms with Crippen LogP contribution >= 0.6 is 23.4 Å². The van der Waals surface area contributed by atoms with E-state index >= 15 is 0 Å². The number of hydrogen-bond acceptors (Lipinski definition) is 4. The summed E-state index contributed by atoms with van der Waals surface area (Å²) in [6.45, 7) is 0.236. The molecule has 1 N–H and O–H groups in total. The molecule has 0 unspecified atom stereocenters. The van der Waals surface area contributed by atoms with Crippen LogP contribution in [0.3, 0.4) is 0 Å². The lowest BCUT2D eigenvalue weighted by Crippen LogP contribution is -2.26. The minimum absolute atomic E-state index is 0.201. The van der Waals surface area contributed by atoms with Gasteiger partial charge in [-0.2, -0.15) is 11.8 Å². The van der Waals surface area contributed by atoms with Gasteiger partial charge in [0.1, 0.15) is 11.6 Å². The summed E-state index contributed by atoms with van der Waals surface area (Å²) in [6, 6.07) is 15.0. The summed E-state index contributed by atoms with van der Waals surface area (Å²) in [5, 5.41) is 2.09. The van der Waals surface area contributed by atoms with Crippen molar-refractivity contribution in [3.05, 3.63) is 71.0 Å². The van der Waals surface area contributed by atoms with Gasteiger partial charge in [0.25, 0.3) is 0 Å². The number of nitrogens with one attached hydrogen (secondary N) is 1. The second kappa shape index (κ2) is 9.13. The van der Waals surface area contributed by atoms with Crippen LogP contribution in [0.25, 0.3) is 10.8 Å². The van der Waals surface area contributed by atoms with Crippen molar-refractivity contribution < 1.29 is 17.5 Å². The first kappa shape index (κ1) is 20.9. The lowest BCUT2D eigenvalue weighted by atomic mass is 10.1. The largest absolute Gasteiger partial charge is 0.497 e. The molecule has 0 saturated heterocycles. The van der Waals surface area contributed by atoms with Crippen LogP contribution in [0, 0.1) is 5.82 Å². The molecule has 3 aromatic rings. The first-order chi connectivity index (χ1) is 13.4. The van der Waals surface area contributed by atoms with E-state index in [1.807, 2.05) is 12.1 Å². The molecule has 0 heterocycles. The standard InChI is InChI=1S/C20H19ClFNO3S2/c1-26-16-7-5-15-12-17(8-6-14(15)11-16)28(24,25)23-9-10-27-13-18-19(21)3-2-4-20(18)22/h2-8,11-12,23H,9-10,13H2,1H3. The van der Waals surface area contributed by atoms with Gasteiger partial charge in [0.05, 0.1) is 12.0 Å². The maximum absolute atomic E-state index is 13.7. The molecule has 3 aromatic carbocycles. The van der Waals surface area contributed by atoms with Gasteiger partial charge in [-0.15, -0.1) is 0 Å². The summed E-state index contributed by atoms with van der Waals surface area (Å²) < 4.78 is 46.5. The van der Waals surface area contributed by atoms with Gasteiger partial charge < -0.3 is 4.74 Å². The third-order valence-corrected chi connectivity index (χ3v) is 6.97. The Morgan fingerprint density at radius 3 is 2.61 bits per heavy atom. The topological polar surface area (TPSA) is 55.4 Å². The number of halogens is 2. The molecular formula is C20H19ClFNO3S2. The number of thioether (sulfide) groups is 1. The molecule has 3 rings (SSSR count). The summed E-state index contributed by atoms with van der Waals surface area (Å²) in [4.78, 5) is 0.201. The Labute approximate surface area is 173 Å². The zero-order valence-corrected chi connectivity index (χ0v) is 17.5. The Hall–Kier alpha value is -1.80. The zero-order chi connectivity index (χ0) is 20.1. The maximum Gasteiger partial charge on any atom is 0.240 e. The molecule has 0 fully saturated rings. The van der Waals surface area contributed by atoms with E-state index in [2.05, 4.69) is 4.72 Å². The van der Waals surface area contributed by atoms with Crippen molar-refractivity contribution in [3.63, 3.8) is 0 Å². The Balaban J connectivity index is 1.58. The number of methoxy groups -OCH3 is 1. The highest BCUT2D eigenvalue weighted by atomic mass is 35.5. The van der Waals surface area contributed by atoms with Crippen molar-refractivity contribution in [1.29, 1.82) is 0 Å². The van der Waals surface area contributed by atoms with Crippen molar-refractivity contribution in [2.24, 2.45) is 0 Å². The Morgan fingerprint density at radius 1 is 1.11 bits per heavy atom. The van der Waals surface area contributed by atoms with Crippen LogP contribution in [0.4, 0.5) is 4.39 Å². The molecule has 0 aliphatic carbocycles. The third kappa shape index (κ3) is 4.97. The highest BCUT2D eigenvalue weighted by Gasteiger charge is 2.14. The second-order valence-corrected chi connectivity index (χ2v) is 9.30. The van der Waals surface area contributed by atoms with Crippen molar-refractivity contribution in [2.75, 3.05) is 19.4 Å². The van der Waals surface area contributed by atoms with Crippen molar-refractivity contribution in [2.45, 2.75) is 10.6 Å². The van der Waals surface area contributed by atoms with E-state index in [0.717, 1.165) is 10.8 Å². The van der Waals surface area contributed by atoms with E-state index in [-0.39, 0.29) is 17.3 Å². The molecule has 8 heteroatoms. The summed E-state index contributed by atoms with van der Waals surface area (Å²) in [7, 11) is -2.04. The number of benzene rings is 3. The number of hydrogen-bond donors (Lipinski definition) is 1. The monoisotopic (exact) mass is 439 g/mol. The quantitative estimate of drug-likeness (QED) is 0.509. The van der Waals surface area contributed by atoms with Gasteiger partial charge in [-0.05, 0) is 47.2 Å². The van der Waals surface area contributed by atoms with Gasteiger partial charge in [-0.3, -0.25) is 0 Å². The van der Waals surface area contributed by atoms with Gasteiger partial charge in [0.15, 0.2) is 0 Å². The van der Waals surface area contributed by atoms with Gasteiger partial charge in [0.2, 0.25) is 10.0 Å². The predicted octanol–water partition coefficient (Wildman–Crippen LogP) is 4.85. The predicted molar refractivity (Wildman–Crippen MR) is 113 cm³/mol. The minimum atomic E-state index is -3.62. The fourth-order valence-electron chi connectivity index (χ4n) is 2.67. The Bertz CT molecular complexity index is 1070. The Kier molecular flexibility index (Phi) is 6.82. The fourth-order valence-corrected chi connectivity index (χ4v) is 5.07. The number of sulfonamides is 1. The minimum Gasteiger partial charge on any atom is -0.497 e. The Morgan fingerprint density at radius 2 is 1.86 bits per heavy atom. The lowest BCUT2D eigenvalue weighted by Gasteiger charge is -2.09. The van der Waals surface area contributed by atoms with E-state index in [4.69, 9.17) is 16.3 Å². The third-order valence-electron chi connectivity index (χ3n) is 4.18. The number of ether oxygens (including phenoxy) is 1. The number of rotatable bonds is 8. The molecular weight excluding hydrogens is 421 g/mol.